The Bertz CT molecular complexity index is 1390. The Kier molecular flexibility index (Phi) is 5.87. The van der Waals surface area contributed by atoms with Gasteiger partial charge in [0.05, 0.1) is 10.2 Å². The van der Waals surface area contributed by atoms with Crippen molar-refractivity contribution in [2.24, 2.45) is 0 Å². The van der Waals surface area contributed by atoms with Crippen LogP contribution < -0.4 is 10.1 Å². The predicted molar refractivity (Wildman–Crippen MR) is 135 cm³/mol. The zero-order chi connectivity index (χ0) is 22.6. The topological polar surface area (TPSA) is 51.2 Å². The maximum absolute atomic E-state index is 12.6. The Labute approximate surface area is 196 Å². The second kappa shape index (κ2) is 9.27. The summed E-state index contributed by atoms with van der Waals surface area (Å²) in [5.41, 5.74) is 5.69. The number of nitrogens with zero attached hydrogens (tertiary/aromatic N) is 1. The zero-order valence-electron chi connectivity index (χ0n) is 18.1. The first-order valence-electron chi connectivity index (χ1n) is 10.7. The van der Waals surface area contributed by atoms with Crippen molar-refractivity contribution in [2.75, 3.05) is 5.32 Å². The summed E-state index contributed by atoms with van der Waals surface area (Å²) in [5.74, 6) is 0.568. The number of ether oxygens (including phenoxy) is 1. The molecule has 4 aromatic carbocycles. The number of thiazole rings is 1. The van der Waals surface area contributed by atoms with E-state index in [-0.39, 0.29) is 5.91 Å². The third kappa shape index (κ3) is 4.94. The fourth-order valence-electron chi connectivity index (χ4n) is 3.50. The third-order valence-corrected chi connectivity index (χ3v) is 6.37. The van der Waals surface area contributed by atoms with Gasteiger partial charge >= 0.3 is 0 Å². The molecule has 0 aliphatic heterocycles. The summed E-state index contributed by atoms with van der Waals surface area (Å²) < 4.78 is 6.97. The van der Waals surface area contributed by atoms with Crippen LogP contribution in [-0.4, -0.2) is 10.9 Å². The smallest absolute Gasteiger partial charge is 0.255 e. The molecule has 5 aromatic rings. The van der Waals surface area contributed by atoms with E-state index in [0.29, 0.717) is 12.2 Å². The number of carbonyl (C=O) groups is 1. The average Bonchev–Trinajstić information content (AvgIpc) is 3.27. The second-order valence-electron chi connectivity index (χ2n) is 7.82. The third-order valence-electron chi connectivity index (χ3n) is 5.30. The first-order valence-corrected chi connectivity index (χ1v) is 11.5. The van der Waals surface area contributed by atoms with Gasteiger partial charge in [0.2, 0.25) is 0 Å². The van der Waals surface area contributed by atoms with E-state index in [2.05, 4.69) is 30.4 Å². The van der Waals surface area contributed by atoms with Crippen molar-refractivity contribution >= 4 is 33.1 Å². The van der Waals surface area contributed by atoms with Gasteiger partial charge in [-0.3, -0.25) is 4.79 Å². The molecule has 1 heterocycles. The number of amides is 1. The van der Waals surface area contributed by atoms with Crippen LogP contribution >= 0.6 is 11.3 Å². The van der Waals surface area contributed by atoms with Crippen LogP contribution in [0.2, 0.25) is 0 Å². The molecule has 162 valence electrons. The van der Waals surface area contributed by atoms with E-state index in [0.717, 1.165) is 33.1 Å². The standard InChI is InChI=1S/C28H22N2O2S/c1-19-7-16-25-26(17-19)33-28(30-25)22-8-12-23(13-9-22)29-27(31)21-10-14-24(15-11-21)32-18-20-5-3-2-4-6-20/h2-17H,18H2,1H3,(H,29,31). The van der Waals surface area contributed by atoms with Crippen molar-refractivity contribution in [1.29, 1.82) is 0 Å². The van der Waals surface area contributed by atoms with Crippen molar-refractivity contribution in [3.8, 4) is 16.3 Å². The van der Waals surface area contributed by atoms with Gasteiger partial charge in [0, 0.05) is 16.8 Å². The molecule has 33 heavy (non-hydrogen) atoms. The van der Waals surface area contributed by atoms with Crippen LogP contribution in [0.1, 0.15) is 21.5 Å². The van der Waals surface area contributed by atoms with E-state index in [1.807, 2.05) is 66.7 Å². The Balaban J connectivity index is 1.22. The minimum atomic E-state index is -0.159. The summed E-state index contributed by atoms with van der Waals surface area (Å²) in [6.45, 7) is 2.58. The molecule has 5 heteroatoms. The van der Waals surface area contributed by atoms with Gasteiger partial charge < -0.3 is 10.1 Å². The lowest BCUT2D eigenvalue weighted by Crippen LogP contribution is -2.11. The average molecular weight is 451 g/mol. The molecule has 0 bridgehead atoms. The maximum atomic E-state index is 12.6. The van der Waals surface area contributed by atoms with Crippen molar-refractivity contribution in [2.45, 2.75) is 13.5 Å². The number of rotatable bonds is 6. The quantitative estimate of drug-likeness (QED) is 0.300. The lowest BCUT2D eigenvalue weighted by atomic mass is 10.1. The minimum absolute atomic E-state index is 0.159. The molecule has 4 nitrogen and oxygen atoms in total. The molecule has 0 unspecified atom stereocenters. The number of benzene rings is 4. The SMILES string of the molecule is Cc1ccc2nc(-c3ccc(NC(=O)c4ccc(OCc5ccccc5)cc4)cc3)sc2c1. The molecule has 0 fully saturated rings. The molecule has 0 aliphatic carbocycles. The molecular weight excluding hydrogens is 428 g/mol. The van der Waals surface area contributed by atoms with Gasteiger partial charge in [-0.05, 0) is 78.7 Å². The molecule has 0 spiro atoms. The number of anilines is 1. The van der Waals surface area contributed by atoms with Crippen LogP contribution in [0, 0.1) is 6.92 Å². The van der Waals surface area contributed by atoms with E-state index >= 15 is 0 Å². The summed E-state index contributed by atoms with van der Waals surface area (Å²) in [6, 6.07) is 31.2. The van der Waals surface area contributed by atoms with Crippen LogP contribution in [0.15, 0.2) is 97.1 Å². The molecule has 0 atom stereocenters. The van der Waals surface area contributed by atoms with E-state index in [4.69, 9.17) is 9.72 Å². The van der Waals surface area contributed by atoms with Crippen molar-refractivity contribution < 1.29 is 9.53 Å². The molecule has 1 N–H and O–H groups in total. The predicted octanol–water partition coefficient (Wildman–Crippen LogP) is 7.10. The summed E-state index contributed by atoms with van der Waals surface area (Å²) in [7, 11) is 0. The molecule has 5 rings (SSSR count). The molecule has 0 radical (unpaired) electrons. The molecule has 0 aliphatic rings. The van der Waals surface area contributed by atoms with Gasteiger partial charge in [0.15, 0.2) is 0 Å². The van der Waals surface area contributed by atoms with Crippen LogP contribution in [-0.2, 0) is 6.61 Å². The highest BCUT2D eigenvalue weighted by molar-refractivity contribution is 7.21. The fraction of sp³-hybridized carbons (Fsp3) is 0.0714. The molecule has 1 aromatic heterocycles. The van der Waals surface area contributed by atoms with Crippen LogP contribution in [0.4, 0.5) is 5.69 Å². The van der Waals surface area contributed by atoms with E-state index in [1.165, 1.54) is 10.3 Å². The number of hydrogen-bond acceptors (Lipinski definition) is 4. The number of aryl methyl sites for hydroxylation is 1. The van der Waals surface area contributed by atoms with Crippen molar-refractivity contribution in [1.82, 2.24) is 4.98 Å². The van der Waals surface area contributed by atoms with Crippen molar-refractivity contribution in [3.63, 3.8) is 0 Å². The highest BCUT2D eigenvalue weighted by Gasteiger charge is 2.09. The van der Waals surface area contributed by atoms with Crippen LogP contribution in [0.3, 0.4) is 0 Å². The molecular formula is C28H22N2O2S. The number of hydrogen-bond donors (Lipinski definition) is 1. The highest BCUT2D eigenvalue weighted by Crippen LogP contribution is 2.31. The zero-order valence-corrected chi connectivity index (χ0v) is 18.9. The monoisotopic (exact) mass is 450 g/mol. The van der Waals surface area contributed by atoms with Gasteiger partial charge in [0.1, 0.15) is 17.4 Å². The van der Waals surface area contributed by atoms with Gasteiger partial charge in [-0.15, -0.1) is 11.3 Å². The van der Waals surface area contributed by atoms with Gasteiger partial charge in [-0.1, -0.05) is 36.4 Å². The van der Waals surface area contributed by atoms with Crippen molar-refractivity contribution in [3.05, 3.63) is 114 Å². The van der Waals surface area contributed by atoms with Gasteiger partial charge in [-0.25, -0.2) is 4.98 Å². The summed E-state index contributed by atoms with van der Waals surface area (Å²) >= 11 is 1.67. The Hall–Kier alpha value is -3.96. The number of fused-ring (bicyclic) bond motifs is 1. The first kappa shape index (κ1) is 20.9. The first-order chi connectivity index (χ1) is 16.1. The van der Waals surface area contributed by atoms with E-state index in [1.54, 1.807) is 23.5 Å². The number of aromatic nitrogens is 1. The second-order valence-corrected chi connectivity index (χ2v) is 8.85. The molecule has 1 amide bonds. The summed E-state index contributed by atoms with van der Waals surface area (Å²) in [4.78, 5) is 17.4. The fourth-order valence-corrected chi connectivity index (χ4v) is 4.57. The number of carbonyl (C=O) groups excluding carboxylic acids is 1. The number of nitrogens with one attached hydrogen (secondary N) is 1. The largest absolute Gasteiger partial charge is 0.489 e. The van der Waals surface area contributed by atoms with Crippen LogP contribution in [0.5, 0.6) is 5.75 Å². The summed E-state index contributed by atoms with van der Waals surface area (Å²) in [5, 5.41) is 3.92. The van der Waals surface area contributed by atoms with Gasteiger partial charge in [-0.2, -0.15) is 0 Å². The van der Waals surface area contributed by atoms with E-state index in [9.17, 15) is 4.79 Å². The maximum Gasteiger partial charge on any atom is 0.255 e. The molecule has 0 saturated carbocycles. The lowest BCUT2D eigenvalue weighted by Gasteiger charge is -2.08. The van der Waals surface area contributed by atoms with E-state index < -0.39 is 0 Å². The lowest BCUT2D eigenvalue weighted by molar-refractivity contribution is 0.102. The minimum Gasteiger partial charge on any atom is -0.489 e. The molecule has 0 saturated heterocycles. The Morgan fingerprint density at radius 1 is 0.909 bits per heavy atom. The van der Waals surface area contributed by atoms with Crippen LogP contribution in [0.25, 0.3) is 20.8 Å². The Morgan fingerprint density at radius 3 is 2.42 bits per heavy atom. The Morgan fingerprint density at radius 2 is 1.67 bits per heavy atom. The highest BCUT2D eigenvalue weighted by atomic mass is 32.1. The summed E-state index contributed by atoms with van der Waals surface area (Å²) in [6.07, 6.45) is 0. The van der Waals surface area contributed by atoms with Gasteiger partial charge in [0.25, 0.3) is 5.91 Å². The normalized spacial score (nSPS) is 10.8.